The van der Waals surface area contributed by atoms with E-state index in [-0.39, 0.29) is 17.8 Å². The van der Waals surface area contributed by atoms with E-state index in [0.717, 1.165) is 16.8 Å². The first-order valence-electron chi connectivity index (χ1n) is 9.31. The lowest BCUT2D eigenvalue weighted by Gasteiger charge is -2.29. The molecule has 0 saturated heterocycles. The fraction of sp³-hybridized carbons (Fsp3) is 0.0833. The van der Waals surface area contributed by atoms with Gasteiger partial charge in [0, 0.05) is 25.0 Å². The van der Waals surface area contributed by atoms with Gasteiger partial charge in [0.05, 0.1) is 11.7 Å². The van der Waals surface area contributed by atoms with Crippen molar-refractivity contribution in [3.8, 4) is 5.69 Å². The molecule has 0 aliphatic rings. The molecule has 1 unspecified atom stereocenters. The van der Waals surface area contributed by atoms with Gasteiger partial charge in [0.1, 0.15) is 5.82 Å². The molecular weight excluding hydrogens is 365 g/mol. The average Bonchev–Trinajstić information content (AvgIpc) is 3.30. The summed E-state index contributed by atoms with van der Waals surface area (Å²) in [6.45, 7) is 0. The Morgan fingerprint density at radius 3 is 2.17 bits per heavy atom. The molecule has 0 fully saturated rings. The lowest BCUT2D eigenvalue weighted by Crippen LogP contribution is -2.32. The van der Waals surface area contributed by atoms with Crippen LogP contribution in [-0.2, 0) is 0 Å². The van der Waals surface area contributed by atoms with Gasteiger partial charge in [-0.1, -0.05) is 42.5 Å². The maximum absolute atomic E-state index is 13.4. The van der Waals surface area contributed by atoms with Crippen LogP contribution in [0.4, 0.5) is 4.39 Å². The largest absolute Gasteiger partial charge is 0.331 e. The molecule has 4 aromatic rings. The lowest BCUT2D eigenvalue weighted by molar-refractivity contribution is 0.0755. The quantitative estimate of drug-likeness (QED) is 0.491. The number of carbonyl (C=O) groups excluding carboxylic acids is 1. The Kier molecular flexibility index (Phi) is 5.20. The number of carbonyl (C=O) groups is 1. The van der Waals surface area contributed by atoms with Crippen molar-refractivity contribution in [2.75, 3.05) is 7.05 Å². The zero-order chi connectivity index (χ0) is 20.2. The molecule has 0 spiro atoms. The maximum atomic E-state index is 13.4. The third-order valence-corrected chi connectivity index (χ3v) is 4.89. The molecular formula is C24H20FN3O. The predicted octanol–water partition coefficient (Wildman–Crippen LogP) is 4.87. The van der Waals surface area contributed by atoms with E-state index in [1.54, 1.807) is 47.1 Å². The van der Waals surface area contributed by atoms with Crippen LogP contribution in [0.2, 0.25) is 0 Å². The summed E-state index contributed by atoms with van der Waals surface area (Å²) in [6.07, 6.45) is 3.56. The van der Waals surface area contributed by atoms with Crippen molar-refractivity contribution >= 4 is 5.91 Å². The highest BCUT2D eigenvalue weighted by atomic mass is 19.1. The van der Waals surface area contributed by atoms with Gasteiger partial charge in [-0.05, 0) is 53.6 Å². The number of hydrogen-bond donors (Lipinski definition) is 0. The molecule has 29 heavy (non-hydrogen) atoms. The van der Waals surface area contributed by atoms with E-state index in [2.05, 4.69) is 5.10 Å². The molecule has 1 atom stereocenters. The minimum atomic E-state index is -0.324. The molecule has 0 bridgehead atoms. The maximum Gasteiger partial charge on any atom is 0.254 e. The highest BCUT2D eigenvalue weighted by Gasteiger charge is 2.24. The van der Waals surface area contributed by atoms with E-state index in [9.17, 15) is 9.18 Å². The predicted molar refractivity (Wildman–Crippen MR) is 110 cm³/mol. The molecule has 1 heterocycles. The molecule has 1 amide bonds. The second kappa shape index (κ2) is 8.10. The number of rotatable bonds is 5. The molecule has 4 rings (SSSR count). The first kappa shape index (κ1) is 18.6. The number of halogens is 1. The van der Waals surface area contributed by atoms with Crippen LogP contribution < -0.4 is 0 Å². The van der Waals surface area contributed by atoms with Gasteiger partial charge in [-0.3, -0.25) is 4.79 Å². The monoisotopic (exact) mass is 385 g/mol. The van der Waals surface area contributed by atoms with Gasteiger partial charge >= 0.3 is 0 Å². The van der Waals surface area contributed by atoms with E-state index in [4.69, 9.17) is 0 Å². The Morgan fingerprint density at radius 2 is 1.55 bits per heavy atom. The van der Waals surface area contributed by atoms with E-state index in [1.165, 1.54) is 12.1 Å². The van der Waals surface area contributed by atoms with Crippen molar-refractivity contribution in [3.63, 3.8) is 0 Å². The summed E-state index contributed by atoms with van der Waals surface area (Å²) in [5.74, 6) is -0.418. The second-order valence-corrected chi connectivity index (χ2v) is 6.78. The number of nitrogens with zero attached hydrogens (tertiary/aromatic N) is 3. The van der Waals surface area contributed by atoms with Gasteiger partial charge in [-0.25, -0.2) is 9.07 Å². The summed E-state index contributed by atoms with van der Waals surface area (Å²) < 4.78 is 15.2. The van der Waals surface area contributed by atoms with Crippen LogP contribution in [0.15, 0.2) is 97.3 Å². The minimum Gasteiger partial charge on any atom is -0.331 e. The first-order valence-corrected chi connectivity index (χ1v) is 9.31. The number of amides is 1. The number of aromatic nitrogens is 2. The van der Waals surface area contributed by atoms with Crippen LogP contribution >= 0.6 is 0 Å². The van der Waals surface area contributed by atoms with Crippen molar-refractivity contribution in [1.29, 1.82) is 0 Å². The van der Waals surface area contributed by atoms with Gasteiger partial charge in [0.2, 0.25) is 0 Å². The van der Waals surface area contributed by atoms with E-state index >= 15 is 0 Å². The summed E-state index contributed by atoms with van der Waals surface area (Å²) in [5, 5.41) is 4.20. The van der Waals surface area contributed by atoms with Crippen LogP contribution in [0.25, 0.3) is 5.69 Å². The Labute approximate surface area is 168 Å². The Hall–Kier alpha value is -3.73. The summed E-state index contributed by atoms with van der Waals surface area (Å²) in [7, 11) is 1.77. The van der Waals surface area contributed by atoms with E-state index in [0.29, 0.717) is 5.56 Å². The molecule has 3 aromatic carbocycles. The van der Waals surface area contributed by atoms with Crippen LogP contribution in [-0.4, -0.2) is 27.6 Å². The molecule has 0 N–H and O–H groups in total. The zero-order valence-electron chi connectivity index (χ0n) is 15.9. The molecule has 0 saturated carbocycles. The molecule has 0 aliphatic carbocycles. The highest BCUT2D eigenvalue weighted by Crippen LogP contribution is 2.29. The molecule has 4 nitrogen and oxygen atoms in total. The summed E-state index contributed by atoms with van der Waals surface area (Å²) in [5.41, 5.74) is 3.27. The smallest absolute Gasteiger partial charge is 0.254 e. The third-order valence-electron chi connectivity index (χ3n) is 4.89. The van der Waals surface area contributed by atoms with Crippen molar-refractivity contribution in [3.05, 3.63) is 120 Å². The van der Waals surface area contributed by atoms with E-state index in [1.807, 2.05) is 54.7 Å². The third kappa shape index (κ3) is 3.94. The van der Waals surface area contributed by atoms with Crippen LogP contribution in [0.5, 0.6) is 0 Å². The fourth-order valence-corrected chi connectivity index (χ4v) is 3.42. The van der Waals surface area contributed by atoms with Crippen LogP contribution in [0, 0.1) is 5.82 Å². The fourth-order valence-electron chi connectivity index (χ4n) is 3.42. The SMILES string of the molecule is CN(C(=O)c1ccc(-n2cccn2)cc1)C(c1ccccc1)c1ccc(F)cc1. The van der Waals surface area contributed by atoms with Gasteiger partial charge in [-0.2, -0.15) is 5.10 Å². The molecule has 0 aliphatic heterocycles. The van der Waals surface area contributed by atoms with Gasteiger partial charge < -0.3 is 4.90 Å². The summed E-state index contributed by atoms with van der Waals surface area (Å²) >= 11 is 0. The van der Waals surface area contributed by atoms with Crippen molar-refractivity contribution in [1.82, 2.24) is 14.7 Å². The Bertz CT molecular complexity index is 1080. The second-order valence-electron chi connectivity index (χ2n) is 6.78. The summed E-state index contributed by atoms with van der Waals surface area (Å²) in [6, 6.07) is 24.9. The topological polar surface area (TPSA) is 38.1 Å². The minimum absolute atomic E-state index is 0.116. The molecule has 0 radical (unpaired) electrons. The standard InChI is InChI=1S/C24H20FN3O/c1-27(24(29)20-10-14-22(15-11-20)28-17-5-16-26-28)23(18-6-3-2-4-7-18)19-8-12-21(25)13-9-19/h2-17,23H,1H3. The van der Waals surface area contributed by atoms with Crippen LogP contribution in [0.1, 0.15) is 27.5 Å². The molecule has 1 aromatic heterocycles. The molecule has 5 heteroatoms. The Balaban J connectivity index is 1.65. The average molecular weight is 385 g/mol. The van der Waals surface area contributed by atoms with Gasteiger partial charge in [0.15, 0.2) is 0 Å². The lowest BCUT2D eigenvalue weighted by atomic mass is 9.96. The highest BCUT2D eigenvalue weighted by molar-refractivity contribution is 5.94. The van der Waals surface area contributed by atoms with Gasteiger partial charge in [-0.15, -0.1) is 0 Å². The van der Waals surface area contributed by atoms with Crippen molar-refractivity contribution in [2.45, 2.75) is 6.04 Å². The number of benzene rings is 3. The Morgan fingerprint density at radius 1 is 0.897 bits per heavy atom. The first-order chi connectivity index (χ1) is 14.1. The summed E-state index contributed by atoms with van der Waals surface area (Å²) in [4.78, 5) is 14.9. The van der Waals surface area contributed by atoms with E-state index < -0.39 is 0 Å². The number of hydrogen-bond acceptors (Lipinski definition) is 2. The normalized spacial score (nSPS) is 11.8. The van der Waals surface area contributed by atoms with Crippen molar-refractivity contribution in [2.24, 2.45) is 0 Å². The molecule has 144 valence electrons. The zero-order valence-corrected chi connectivity index (χ0v) is 15.9. The van der Waals surface area contributed by atoms with Crippen LogP contribution in [0.3, 0.4) is 0 Å². The van der Waals surface area contributed by atoms with Gasteiger partial charge in [0.25, 0.3) is 5.91 Å². The van der Waals surface area contributed by atoms with Crippen molar-refractivity contribution < 1.29 is 9.18 Å².